The van der Waals surface area contributed by atoms with Gasteiger partial charge in [0.1, 0.15) is 11.2 Å². The van der Waals surface area contributed by atoms with Gasteiger partial charge in [-0.3, -0.25) is 0 Å². The van der Waals surface area contributed by atoms with Gasteiger partial charge in [0, 0.05) is 25.8 Å². The zero-order valence-electron chi connectivity index (χ0n) is 13.6. The van der Waals surface area contributed by atoms with Crippen molar-refractivity contribution < 1.29 is 9.53 Å². The average molecular weight is 304 g/mol. The molecule has 120 valence electrons. The van der Waals surface area contributed by atoms with Gasteiger partial charge in [0.2, 0.25) is 0 Å². The number of carbonyl (C=O) groups excluding carboxylic acids is 1. The molecular formula is C16H24N4O2. The Labute approximate surface area is 130 Å². The van der Waals surface area contributed by atoms with Crippen molar-refractivity contribution in [2.75, 3.05) is 13.1 Å². The molecule has 0 atom stereocenters. The van der Waals surface area contributed by atoms with Crippen molar-refractivity contribution in [3.63, 3.8) is 0 Å². The van der Waals surface area contributed by atoms with E-state index in [-0.39, 0.29) is 6.09 Å². The Morgan fingerprint density at radius 3 is 2.86 bits per heavy atom. The number of rotatable bonds is 5. The minimum atomic E-state index is -0.466. The van der Waals surface area contributed by atoms with Gasteiger partial charge in [-0.25, -0.2) is 9.78 Å². The first kappa shape index (κ1) is 16.3. The lowest BCUT2D eigenvalue weighted by atomic mass is 10.2. The molecule has 0 saturated heterocycles. The van der Waals surface area contributed by atoms with E-state index in [1.54, 1.807) is 0 Å². The van der Waals surface area contributed by atoms with Crippen LogP contribution in [-0.4, -0.2) is 34.2 Å². The molecule has 0 fully saturated rings. The van der Waals surface area contributed by atoms with Crippen LogP contribution in [0, 0.1) is 6.92 Å². The molecule has 0 aliphatic carbocycles. The maximum absolute atomic E-state index is 11.5. The molecule has 0 aliphatic rings. The molecule has 1 amide bonds. The Morgan fingerprint density at radius 2 is 2.14 bits per heavy atom. The lowest BCUT2D eigenvalue weighted by molar-refractivity contribution is 0.0528. The Bertz CT molecular complexity index is 643. The predicted molar refractivity (Wildman–Crippen MR) is 85.9 cm³/mol. The number of pyridine rings is 1. The molecule has 2 rings (SSSR count). The molecular weight excluding hydrogens is 280 g/mol. The van der Waals surface area contributed by atoms with Crippen LogP contribution >= 0.6 is 0 Å². The number of nitrogens with one attached hydrogen (secondary N) is 2. The monoisotopic (exact) mass is 304 g/mol. The summed E-state index contributed by atoms with van der Waals surface area (Å²) in [6.45, 7) is 9.46. The van der Waals surface area contributed by atoms with Gasteiger partial charge in [-0.2, -0.15) is 0 Å². The van der Waals surface area contributed by atoms with Gasteiger partial charge in [-0.1, -0.05) is 0 Å². The second kappa shape index (κ2) is 6.79. The number of imidazole rings is 1. The summed E-state index contributed by atoms with van der Waals surface area (Å²) in [6.07, 6.45) is 3.50. The topological polar surface area (TPSA) is 67.7 Å². The van der Waals surface area contributed by atoms with Crippen molar-refractivity contribution in [3.8, 4) is 0 Å². The number of hydrogen-bond acceptors (Lipinski definition) is 4. The third-order valence-corrected chi connectivity index (χ3v) is 3.02. The van der Waals surface area contributed by atoms with Crippen LogP contribution < -0.4 is 10.6 Å². The van der Waals surface area contributed by atoms with E-state index < -0.39 is 5.60 Å². The summed E-state index contributed by atoms with van der Waals surface area (Å²) >= 11 is 0. The number of amides is 1. The quantitative estimate of drug-likeness (QED) is 0.832. The van der Waals surface area contributed by atoms with Crippen LogP contribution in [0.15, 0.2) is 24.5 Å². The third-order valence-electron chi connectivity index (χ3n) is 3.02. The molecule has 0 aliphatic heterocycles. The minimum absolute atomic E-state index is 0.389. The molecule has 2 aromatic rings. The summed E-state index contributed by atoms with van der Waals surface area (Å²) < 4.78 is 7.22. The number of alkyl carbamates (subject to hydrolysis) is 1. The number of nitrogens with zero attached hydrogens (tertiary/aromatic N) is 2. The SMILES string of the molecule is Cc1ccn2c(CNCCNC(=O)OC(C)(C)C)cnc2c1. The minimum Gasteiger partial charge on any atom is -0.444 e. The molecule has 0 bridgehead atoms. The van der Waals surface area contributed by atoms with E-state index in [2.05, 4.69) is 33.0 Å². The number of aromatic nitrogens is 2. The third kappa shape index (κ3) is 4.73. The van der Waals surface area contributed by atoms with Gasteiger partial charge in [-0.15, -0.1) is 0 Å². The van der Waals surface area contributed by atoms with Crippen LogP contribution in [0.5, 0.6) is 0 Å². The van der Waals surface area contributed by atoms with Crippen molar-refractivity contribution in [1.82, 2.24) is 20.0 Å². The second-order valence-corrected chi connectivity index (χ2v) is 6.29. The van der Waals surface area contributed by atoms with Crippen molar-refractivity contribution in [2.24, 2.45) is 0 Å². The summed E-state index contributed by atoms with van der Waals surface area (Å²) in [5.41, 5.74) is 2.77. The molecule has 2 N–H and O–H groups in total. The number of hydrogen-bond donors (Lipinski definition) is 2. The molecule has 2 aromatic heterocycles. The van der Waals surface area contributed by atoms with Gasteiger partial charge >= 0.3 is 6.09 Å². The molecule has 0 spiro atoms. The van der Waals surface area contributed by atoms with Crippen LogP contribution in [0.1, 0.15) is 32.0 Å². The fraction of sp³-hybridized carbons (Fsp3) is 0.500. The van der Waals surface area contributed by atoms with E-state index in [4.69, 9.17) is 4.74 Å². The van der Waals surface area contributed by atoms with Gasteiger partial charge < -0.3 is 19.8 Å². The highest BCUT2D eigenvalue weighted by Crippen LogP contribution is 2.08. The highest BCUT2D eigenvalue weighted by atomic mass is 16.6. The highest BCUT2D eigenvalue weighted by Gasteiger charge is 2.15. The standard InChI is InChI=1S/C16H24N4O2/c1-12-5-8-20-13(11-19-14(20)9-12)10-17-6-7-18-15(21)22-16(2,3)4/h5,8-9,11,17H,6-7,10H2,1-4H3,(H,18,21). The molecule has 6 nitrogen and oxygen atoms in total. The van der Waals surface area contributed by atoms with Gasteiger partial charge in [0.25, 0.3) is 0 Å². The van der Waals surface area contributed by atoms with Crippen LogP contribution in [-0.2, 0) is 11.3 Å². The van der Waals surface area contributed by atoms with Crippen molar-refractivity contribution in [2.45, 2.75) is 39.8 Å². The summed E-state index contributed by atoms with van der Waals surface area (Å²) in [7, 11) is 0. The first-order valence-corrected chi connectivity index (χ1v) is 7.45. The van der Waals surface area contributed by atoms with E-state index >= 15 is 0 Å². The van der Waals surface area contributed by atoms with Crippen LogP contribution in [0.3, 0.4) is 0 Å². The molecule has 2 heterocycles. The molecule has 0 aromatic carbocycles. The van der Waals surface area contributed by atoms with Crippen LogP contribution in [0.4, 0.5) is 4.79 Å². The second-order valence-electron chi connectivity index (χ2n) is 6.29. The lowest BCUT2D eigenvalue weighted by Gasteiger charge is -2.19. The van der Waals surface area contributed by atoms with Crippen molar-refractivity contribution in [1.29, 1.82) is 0 Å². The number of ether oxygens (including phenoxy) is 1. The Morgan fingerprint density at radius 1 is 1.36 bits per heavy atom. The smallest absolute Gasteiger partial charge is 0.407 e. The largest absolute Gasteiger partial charge is 0.444 e. The van der Waals surface area contributed by atoms with Crippen molar-refractivity contribution >= 4 is 11.7 Å². The molecule has 6 heteroatoms. The fourth-order valence-electron chi connectivity index (χ4n) is 2.05. The lowest BCUT2D eigenvalue weighted by Crippen LogP contribution is -2.36. The first-order valence-electron chi connectivity index (χ1n) is 7.45. The van der Waals surface area contributed by atoms with E-state index in [1.807, 2.05) is 39.2 Å². The van der Waals surface area contributed by atoms with E-state index in [0.717, 1.165) is 11.3 Å². The number of aryl methyl sites for hydroxylation is 1. The zero-order chi connectivity index (χ0) is 16.2. The van der Waals surface area contributed by atoms with Crippen molar-refractivity contribution in [3.05, 3.63) is 35.8 Å². The Balaban J connectivity index is 1.73. The van der Waals surface area contributed by atoms with Gasteiger partial charge in [0.05, 0.1) is 11.9 Å². The van der Waals surface area contributed by atoms with Gasteiger partial charge in [0.15, 0.2) is 0 Å². The maximum atomic E-state index is 11.5. The summed E-state index contributed by atoms with van der Waals surface area (Å²) in [5.74, 6) is 0. The van der Waals surface area contributed by atoms with Gasteiger partial charge in [-0.05, 0) is 45.4 Å². The van der Waals surface area contributed by atoms with Crippen LogP contribution in [0.25, 0.3) is 5.65 Å². The zero-order valence-corrected chi connectivity index (χ0v) is 13.6. The molecule has 22 heavy (non-hydrogen) atoms. The Hall–Kier alpha value is -2.08. The molecule has 0 saturated carbocycles. The summed E-state index contributed by atoms with van der Waals surface area (Å²) in [6, 6.07) is 4.11. The normalized spacial score (nSPS) is 11.6. The van der Waals surface area contributed by atoms with E-state index in [9.17, 15) is 4.79 Å². The number of fused-ring (bicyclic) bond motifs is 1. The number of carbonyl (C=O) groups is 1. The van der Waals surface area contributed by atoms with E-state index in [1.165, 1.54) is 5.56 Å². The maximum Gasteiger partial charge on any atom is 0.407 e. The summed E-state index contributed by atoms with van der Waals surface area (Å²) in [4.78, 5) is 15.9. The Kier molecular flexibility index (Phi) is 5.03. The summed E-state index contributed by atoms with van der Waals surface area (Å²) in [5, 5.41) is 6.00. The average Bonchev–Trinajstić information content (AvgIpc) is 2.78. The van der Waals surface area contributed by atoms with Crippen LogP contribution in [0.2, 0.25) is 0 Å². The predicted octanol–water partition coefficient (Wildman–Crippen LogP) is 2.26. The molecule has 0 unspecified atom stereocenters. The first-order chi connectivity index (χ1) is 10.3. The highest BCUT2D eigenvalue weighted by molar-refractivity contribution is 5.67. The van der Waals surface area contributed by atoms with E-state index in [0.29, 0.717) is 19.6 Å². The molecule has 0 radical (unpaired) electrons. The fourth-order valence-corrected chi connectivity index (χ4v) is 2.05.